The van der Waals surface area contributed by atoms with Gasteiger partial charge in [0.1, 0.15) is 0 Å². The van der Waals surface area contributed by atoms with Crippen LogP contribution >= 0.6 is 0 Å². The fraction of sp³-hybridized carbons (Fsp3) is 0.312. The summed E-state index contributed by atoms with van der Waals surface area (Å²) >= 11 is 0. The molecule has 3 rings (SSSR count). The highest BCUT2D eigenvalue weighted by Gasteiger charge is 2.56. The summed E-state index contributed by atoms with van der Waals surface area (Å²) in [6.45, 7) is 5.61. The van der Waals surface area contributed by atoms with Crippen molar-refractivity contribution in [2.45, 2.75) is 32.0 Å². The Labute approximate surface area is 124 Å². The molecule has 0 aromatic carbocycles. The fourth-order valence-electron chi connectivity index (χ4n) is 2.57. The highest BCUT2D eigenvalue weighted by molar-refractivity contribution is 5.93. The van der Waals surface area contributed by atoms with Crippen LogP contribution in [-0.2, 0) is 10.9 Å². The lowest BCUT2D eigenvalue weighted by molar-refractivity contribution is -0.245. The monoisotopic (exact) mass is 281 g/mol. The van der Waals surface area contributed by atoms with Crippen molar-refractivity contribution in [2.24, 2.45) is 4.99 Å². The van der Waals surface area contributed by atoms with E-state index in [1.807, 2.05) is 57.2 Å². The first-order valence-electron chi connectivity index (χ1n) is 6.87. The summed E-state index contributed by atoms with van der Waals surface area (Å²) in [6, 6.07) is 11.0. The zero-order valence-corrected chi connectivity index (χ0v) is 12.3. The summed E-state index contributed by atoms with van der Waals surface area (Å²) in [6.07, 6.45) is 3.34. The Balaban J connectivity index is 2.29. The third kappa shape index (κ3) is 1.89. The van der Waals surface area contributed by atoms with Crippen LogP contribution in [0.1, 0.15) is 32.2 Å². The highest BCUT2D eigenvalue weighted by Crippen LogP contribution is 2.44. The molecule has 2 aromatic rings. The summed E-state index contributed by atoms with van der Waals surface area (Å²) in [5, 5.41) is 14.1. The second-order valence-electron chi connectivity index (χ2n) is 5.65. The lowest BCUT2D eigenvalue weighted by Crippen LogP contribution is -2.51. The molecule has 3 heterocycles. The van der Waals surface area contributed by atoms with Crippen LogP contribution in [0.2, 0.25) is 0 Å². The molecule has 0 fully saturated rings. The first-order valence-corrected chi connectivity index (χ1v) is 6.87. The van der Waals surface area contributed by atoms with E-state index in [1.165, 1.54) is 0 Å². The molecule has 1 aliphatic rings. The van der Waals surface area contributed by atoms with Gasteiger partial charge in [-0.1, -0.05) is 12.1 Å². The quantitative estimate of drug-likeness (QED) is 0.850. The van der Waals surface area contributed by atoms with Crippen LogP contribution < -0.4 is 0 Å². The third-order valence-electron chi connectivity index (χ3n) is 4.06. The molecule has 0 saturated carbocycles. The molecule has 0 amide bonds. The van der Waals surface area contributed by atoms with E-state index in [0.29, 0.717) is 11.4 Å². The van der Waals surface area contributed by atoms with E-state index < -0.39 is 11.2 Å². The smallest absolute Gasteiger partial charge is 0.223 e. The van der Waals surface area contributed by atoms with Crippen LogP contribution in [0.3, 0.4) is 0 Å². The molecular weight excluding hydrogens is 264 g/mol. The molecule has 0 saturated heterocycles. The molecule has 5 nitrogen and oxygen atoms in total. The highest BCUT2D eigenvalue weighted by atomic mass is 16.5. The molecule has 5 heteroatoms. The number of pyridine rings is 2. The third-order valence-corrected chi connectivity index (χ3v) is 4.06. The van der Waals surface area contributed by atoms with Gasteiger partial charge in [-0.3, -0.25) is 15.0 Å². The average Bonchev–Trinajstić information content (AvgIpc) is 2.70. The van der Waals surface area contributed by atoms with Crippen molar-refractivity contribution in [1.82, 2.24) is 15.0 Å². The summed E-state index contributed by atoms with van der Waals surface area (Å²) in [5.74, 6) is 0. The van der Waals surface area contributed by atoms with E-state index in [2.05, 4.69) is 9.97 Å². The maximum atomic E-state index is 13.1. The fourth-order valence-corrected chi connectivity index (χ4v) is 2.57. The zero-order valence-electron chi connectivity index (χ0n) is 12.3. The van der Waals surface area contributed by atoms with Crippen molar-refractivity contribution < 1.29 is 5.21 Å². The molecule has 1 radical (unpaired) electrons. The van der Waals surface area contributed by atoms with Crippen LogP contribution in [0.15, 0.2) is 53.8 Å². The van der Waals surface area contributed by atoms with Crippen molar-refractivity contribution in [1.29, 1.82) is 0 Å². The number of hydroxylamine groups is 2. The van der Waals surface area contributed by atoms with Gasteiger partial charge in [0.15, 0.2) is 0 Å². The van der Waals surface area contributed by atoms with Crippen molar-refractivity contribution in [3.63, 3.8) is 0 Å². The molecule has 0 aliphatic carbocycles. The topological polar surface area (TPSA) is 61.3 Å². The lowest BCUT2D eigenvalue weighted by Gasteiger charge is -2.35. The predicted molar refractivity (Wildman–Crippen MR) is 79.0 cm³/mol. The normalized spacial score (nSPS) is 20.3. The van der Waals surface area contributed by atoms with E-state index >= 15 is 0 Å². The zero-order chi connectivity index (χ0) is 15.1. The van der Waals surface area contributed by atoms with Crippen LogP contribution in [0, 0.1) is 0 Å². The van der Waals surface area contributed by atoms with Crippen molar-refractivity contribution in [2.75, 3.05) is 0 Å². The Morgan fingerprint density at radius 3 is 1.81 bits per heavy atom. The van der Waals surface area contributed by atoms with Crippen LogP contribution in [0.25, 0.3) is 0 Å². The molecule has 0 unspecified atom stereocenters. The van der Waals surface area contributed by atoms with E-state index in [9.17, 15) is 5.21 Å². The number of hydrogen-bond acceptors (Lipinski definition) is 4. The molecule has 0 atom stereocenters. The van der Waals surface area contributed by atoms with Gasteiger partial charge in [-0.25, -0.2) is 0 Å². The standard InChI is InChI=1S/C16H17N4O/c1-12-15(2,3)20(21)16(19-12,13-8-4-6-10-17-13)14-9-5-7-11-18-14/h4-11H,1-3H3. The number of aromatic nitrogens is 2. The summed E-state index contributed by atoms with van der Waals surface area (Å²) in [4.78, 5) is 13.4. The van der Waals surface area contributed by atoms with Gasteiger partial charge in [0.2, 0.25) is 5.66 Å². The minimum absolute atomic E-state index is 0.587. The summed E-state index contributed by atoms with van der Waals surface area (Å²) in [7, 11) is 0. The lowest BCUT2D eigenvalue weighted by atomic mass is 9.96. The molecule has 1 aliphatic heterocycles. The average molecular weight is 281 g/mol. The Bertz CT molecular complexity index is 628. The molecule has 2 aromatic heterocycles. The SMILES string of the molecule is CC1=NC(c2ccccn2)(c2ccccn2)N([O])C1(C)C. The van der Waals surface area contributed by atoms with Gasteiger partial charge in [-0.2, -0.15) is 0 Å². The van der Waals surface area contributed by atoms with Crippen LogP contribution in [-0.4, -0.2) is 26.3 Å². The maximum absolute atomic E-state index is 13.1. The van der Waals surface area contributed by atoms with Crippen LogP contribution in [0.5, 0.6) is 0 Å². The molecular formula is C16H17N4O. The minimum atomic E-state index is -1.21. The Hall–Kier alpha value is -2.11. The summed E-state index contributed by atoms with van der Waals surface area (Å²) < 4.78 is 0. The van der Waals surface area contributed by atoms with Gasteiger partial charge < -0.3 is 0 Å². The van der Waals surface area contributed by atoms with E-state index in [-0.39, 0.29) is 0 Å². The first kappa shape index (κ1) is 13.9. The van der Waals surface area contributed by atoms with Crippen LogP contribution in [0.4, 0.5) is 0 Å². The largest absolute Gasteiger partial charge is 0.257 e. The number of rotatable bonds is 2. The summed E-state index contributed by atoms with van der Waals surface area (Å²) in [5.41, 5.74) is 0.0339. The minimum Gasteiger partial charge on any atom is -0.257 e. The Morgan fingerprint density at radius 2 is 1.48 bits per heavy atom. The van der Waals surface area contributed by atoms with Gasteiger partial charge >= 0.3 is 0 Å². The first-order chi connectivity index (χ1) is 9.99. The van der Waals surface area contributed by atoms with E-state index in [0.717, 1.165) is 10.8 Å². The maximum Gasteiger partial charge on any atom is 0.223 e. The van der Waals surface area contributed by atoms with Crippen molar-refractivity contribution in [3.05, 3.63) is 60.2 Å². The van der Waals surface area contributed by atoms with Gasteiger partial charge in [0.25, 0.3) is 0 Å². The number of aliphatic imine (C=N–C) groups is 1. The van der Waals surface area contributed by atoms with Crippen molar-refractivity contribution in [3.8, 4) is 0 Å². The molecule has 21 heavy (non-hydrogen) atoms. The van der Waals surface area contributed by atoms with E-state index in [1.54, 1.807) is 12.4 Å². The Kier molecular flexibility index (Phi) is 3.11. The molecule has 0 N–H and O–H groups in total. The second kappa shape index (κ2) is 4.72. The van der Waals surface area contributed by atoms with Gasteiger partial charge in [0, 0.05) is 18.1 Å². The molecule has 107 valence electrons. The molecule has 0 bridgehead atoms. The van der Waals surface area contributed by atoms with Gasteiger partial charge in [0.05, 0.1) is 16.9 Å². The second-order valence-corrected chi connectivity index (χ2v) is 5.65. The van der Waals surface area contributed by atoms with Gasteiger partial charge in [-0.05, 0) is 45.0 Å². The van der Waals surface area contributed by atoms with Crippen molar-refractivity contribution >= 4 is 5.71 Å². The number of nitrogens with zero attached hydrogens (tertiary/aromatic N) is 4. The Morgan fingerprint density at radius 1 is 0.952 bits per heavy atom. The van der Waals surface area contributed by atoms with Gasteiger partial charge in [-0.15, -0.1) is 10.3 Å². The van der Waals surface area contributed by atoms with E-state index in [4.69, 9.17) is 4.99 Å². The molecule has 0 spiro atoms. The predicted octanol–water partition coefficient (Wildman–Crippen LogP) is 2.58. The number of hydrogen-bond donors (Lipinski definition) is 0.